The maximum atomic E-state index is 10.5. The van der Waals surface area contributed by atoms with Gasteiger partial charge in [-0.2, -0.15) is 0 Å². The Balaban J connectivity index is 1.82. The number of hydrogen-bond acceptors (Lipinski definition) is 6. The van der Waals surface area contributed by atoms with Gasteiger partial charge in [0.25, 0.3) is 0 Å². The van der Waals surface area contributed by atoms with Gasteiger partial charge in [-0.05, 0) is 62.1 Å². The van der Waals surface area contributed by atoms with Crippen LogP contribution >= 0.6 is 11.6 Å². The Labute approximate surface area is 182 Å². The normalized spacial score (nSPS) is 26.7. The molecule has 1 saturated heterocycles. The van der Waals surface area contributed by atoms with Gasteiger partial charge in [0.15, 0.2) is 6.29 Å². The molecule has 0 unspecified atom stereocenters. The highest BCUT2D eigenvalue weighted by Crippen LogP contribution is 2.35. The molecule has 5 atom stereocenters. The number of hydrogen-bond donors (Lipinski definition) is 3. The third-order valence-electron chi connectivity index (χ3n) is 5.00. The predicted molar refractivity (Wildman–Crippen MR) is 114 cm³/mol. The van der Waals surface area contributed by atoms with E-state index in [-0.39, 0.29) is 6.10 Å². The molecule has 7 heteroatoms. The Kier molecular flexibility index (Phi) is 7.74. The van der Waals surface area contributed by atoms with Crippen molar-refractivity contribution in [1.29, 1.82) is 0 Å². The molecule has 1 fully saturated rings. The first-order valence-corrected chi connectivity index (χ1v) is 10.5. The molecule has 30 heavy (non-hydrogen) atoms. The zero-order valence-corrected chi connectivity index (χ0v) is 18.1. The summed E-state index contributed by atoms with van der Waals surface area (Å²) < 4.78 is 16.9. The van der Waals surface area contributed by atoms with Gasteiger partial charge >= 0.3 is 0 Å². The summed E-state index contributed by atoms with van der Waals surface area (Å²) >= 11 is 6.41. The van der Waals surface area contributed by atoms with Gasteiger partial charge in [-0.15, -0.1) is 0 Å². The number of rotatable bonds is 7. The van der Waals surface area contributed by atoms with E-state index >= 15 is 0 Å². The van der Waals surface area contributed by atoms with Crippen molar-refractivity contribution in [3.63, 3.8) is 0 Å². The number of aliphatic hydroxyl groups is 3. The van der Waals surface area contributed by atoms with Crippen LogP contribution in [0.1, 0.15) is 43.6 Å². The smallest absolute Gasteiger partial charge is 0.187 e. The minimum absolute atomic E-state index is 0.215. The number of aliphatic hydroxyl groups excluding tert-OH is 3. The summed E-state index contributed by atoms with van der Waals surface area (Å²) in [6.45, 7) is 6.16. The van der Waals surface area contributed by atoms with Crippen molar-refractivity contribution >= 4 is 11.6 Å². The molecule has 1 aliphatic heterocycles. The van der Waals surface area contributed by atoms with Crippen molar-refractivity contribution in [1.82, 2.24) is 0 Å². The van der Waals surface area contributed by atoms with Gasteiger partial charge in [0.2, 0.25) is 0 Å². The van der Waals surface area contributed by atoms with Gasteiger partial charge in [0.1, 0.15) is 30.2 Å². The van der Waals surface area contributed by atoms with Gasteiger partial charge in [-0.25, -0.2) is 0 Å². The summed E-state index contributed by atoms with van der Waals surface area (Å²) in [5.74, 6) is 0.809. The van der Waals surface area contributed by atoms with Gasteiger partial charge in [0.05, 0.1) is 12.7 Å². The molecule has 0 radical (unpaired) electrons. The van der Waals surface area contributed by atoms with E-state index in [4.69, 9.17) is 25.8 Å². The zero-order valence-electron chi connectivity index (χ0n) is 17.4. The van der Waals surface area contributed by atoms with Crippen LogP contribution in [0, 0.1) is 0 Å². The Morgan fingerprint density at radius 2 is 1.70 bits per heavy atom. The first-order valence-electron chi connectivity index (χ1n) is 10.1. The van der Waals surface area contributed by atoms with Crippen molar-refractivity contribution in [2.24, 2.45) is 0 Å². The van der Waals surface area contributed by atoms with Crippen LogP contribution in [0.5, 0.6) is 5.75 Å². The molecule has 3 N–H and O–H groups in total. The average molecular weight is 437 g/mol. The minimum Gasteiger partial charge on any atom is -0.494 e. The van der Waals surface area contributed by atoms with Crippen LogP contribution in [0.25, 0.3) is 0 Å². The molecule has 0 aromatic heterocycles. The highest BCUT2D eigenvalue weighted by Gasteiger charge is 2.45. The number of halogens is 1. The molecule has 164 valence electrons. The first kappa shape index (κ1) is 23.0. The Bertz CT molecular complexity index is 825. The van der Waals surface area contributed by atoms with Crippen LogP contribution < -0.4 is 4.74 Å². The van der Waals surface area contributed by atoms with Crippen molar-refractivity contribution < 1.29 is 29.5 Å². The SMILES string of the molecule is CCOc1ccc(Cc2cc([C@@H]3O[C@H](OC(C)C)[C@@H](O)[C@H](O)[C@H]3O)ccc2Cl)cc1. The van der Waals surface area contributed by atoms with Crippen molar-refractivity contribution in [2.75, 3.05) is 6.61 Å². The molecule has 0 spiro atoms. The monoisotopic (exact) mass is 436 g/mol. The van der Waals surface area contributed by atoms with Crippen LogP contribution in [0.3, 0.4) is 0 Å². The van der Waals surface area contributed by atoms with Crippen molar-refractivity contribution in [3.05, 3.63) is 64.2 Å². The molecule has 0 bridgehead atoms. The van der Waals surface area contributed by atoms with Crippen molar-refractivity contribution in [3.8, 4) is 5.75 Å². The van der Waals surface area contributed by atoms with E-state index in [1.54, 1.807) is 26.0 Å². The summed E-state index contributed by atoms with van der Waals surface area (Å²) in [4.78, 5) is 0. The van der Waals surface area contributed by atoms with Crippen LogP contribution in [-0.2, 0) is 15.9 Å². The van der Waals surface area contributed by atoms with Crippen molar-refractivity contribution in [2.45, 2.75) is 64.0 Å². The third kappa shape index (κ3) is 5.32. The average Bonchev–Trinajstić information content (AvgIpc) is 2.71. The maximum absolute atomic E-state index is 10.5. The second-order valence-electron chi connectivity index (χ2n) is 7.69. The van der Waals surface area contributed by atoms with Crippen LogP contribution in [-0.4, -0.2) is 52.6 Å². The molecule has 6 nitrogen and oxygen atoms in total. The fraction of sp³-hybridized carbons (Fsp3) is 0.478. The molecule has 0 saturated carbocycles. The van der Waals surface area contributed by atoms with E-state index in [9.17, 15) is 15.3 Å². The largest absolute Gasteiger partial charge is 0.494 e. The third-order valence-corrected chi connectivity index (χ3v) is 5.37. The predicted octanol–water partition coefficient (Wildman–Crippen LogP) is 3.23. The molecule has 1 heterocycles. The summed E-state index contributed by atoms with van der Waals surface area (Å²) in [6.07, 6.45) is -5.56. The van der Waals surface area contributed by atoms with Gasteiger partial charge < -0.3 is 29.5 Å². The lowest BCUT2D eigenvalue weighted by Crippen LogP contribution is -2.55. The molecule has 1 aliphatic rings. The van der Waals surface area contributed by atoms with E-state index in [1.807, 2.05) is 37.3 Å². The summed E-state index contributed by atoms with van der Waals surface area (Å²) in [7, 11) is 0. The maximum Gasteiger partial charge on any atom is 0.187 e. The Hall–Kier alpha value is -1.67. The second-order valence-corrected chi connectivity index (χ2v) is 8.09. The molecule has 0 aliphatic carbocycles. The Morgan fingerprint density at radius 3 is 2.33 bits per heavy atom. The summed E-state index contributed by atoms with van der Waals surface area (Å²) in [5.41, 5.74) is 2.56. The minimum atomic E-state index is -1.39. The summed E-state index contributed by atoms with van der Waals surface area (Å²) in [5, 5.41) is 31.6. The molecule has 0 amide bonds. The van der Waals surface area contributed by atoms with Gasteiger partial charge in [0, 0.05) is 5.02 Å². The van der Waals surface area contributed by atoms with E-state index < -0.39 is 30.7 Å². The quantitative estimate of drug-likeness (QED) is 0.617. The van der Waals surface area contributed by atoms with E-state index in [1.165, 1.54) is 0 Å². The molecular weight excluding hydrogens is 408 g/mol. The van der Waals surface area contributed by atoms with Crippen LogP contribution in [0.15, 0.2) is 42.5 Å². The van der Waals surface area contributed by atoms with E-state index in [2.05, 4.69) is 0 Å². The number of benzene rings is 2. The summed E-state index contributed by atoms with van der Waals surface area (Å²) in [6, 6.07) is 13.1. The van der Waals surface area contributed by atoms with Gasteiger partial charge in [-0.1, -0.05) is 35.9 Å². The zero-order chi connectivity index (χ0) is 21.8. The van der Waals surface area contributed by atoms with Crippen LogP contribution in [0.2, 0.25) is 5.02 Å². The Morgan fingerprint density at radius 1 is 1.00 bits per heavy atom. The van der Waals surface area contributed by atoms with Crippen LogP contribution in [0.4, 0.5) is 0 Å². The standard InChI is InChI=1S/C23H29ClO6/c1-4-28-17-8-5-14(6-9-17)11-16-12-15(7-10-18(16)24)22-20(26)19(25)21(27)23(30-22)29-13(2)3/h5-10,12-13,19-23,25-27H,4,11H2,1-3H3/t19-,20-,21+,22+,23+/m1/s1. The lowest BCUT2D eigenvalue weighted by atomic mass is 9.92. The lowest BCUT2D eigenvalue weighted by Gasteiger charge is -2.41. The van der Waals surface area contributed by atoms with Gasteiger partial charge in [-0.3, -0.25) is 0 Å². The first-order chi connectivity index (χ1) is 14.3. The fourth-order valence-electron chi connectivity index (χ4n) is 3.50. The molecule has 2 aromatic carbocycles. The highest BCUT2D eigenvalue weighted by atomic mass is 35.5. The van der Waals surface area contributed by atoms with E-state index in [0.717, 1.165) is 16.9 Å². The highest BCUT2D eigenvalue weighted by molar-refractivity contribution is 6.31. The fourth-order valence-corrected chi connectivity index (χ4v) is 3.69. The molecule has 3 rings (SSSR count). The topological polar surface area (TPSA) is 88.4 Å². The second kappa shape index (κ2) is 10.1. The lowest BCUT2D eigenvalue weighted by molar-refractivity contribution is -0.307. The molecule has 2 aromatic rings. The number of ether oxygens (including phenoxy) is 3. The molecular formula is C23H29ClO6. The van der Waals surface area contributed by atoms with E-state index in [0.29, 0.717) is 23.6 Å².